The molecule has 0 aliphatic carbocycles. The Bertz CT molecular complexity index is 828. The second-order valence-corrected chi connectivity index (χ2v) is 7.10. The molecule has 1 heterocycles. The molecule has 0 aromatic heterocycles. The van der Waals surface area contributed by atoms with Crippen molar-refractivity contribution in [3.8, 4) is 0 Å². The van der Waals surface area contributed by atoms with Crippen LogP contribution in [-0.2, 0) is 16.0 Å². The molecule has 1 N–H and O–H groups in total. The molecule has 0 fully saturated rings. The summed E-state index contributed by atoms with van der Waals surface area (Å²) in [5.74, 6) is -0.337. The number of unbranched alkanes of at least 4 members (excludes halogenated alkanes) is 1. The average molecular weight is 350 g/mol. The molecule has 0 saturated carbocycles. The highest BCUT2D eigenvalue weighted by Crippen LogP contribution is 2.37. The topological polar surface area (TPSA) is 46.5 Å². The van der Waals surface area contributed by atoms with Gasteiger partial charge in [-0.2, -0.15) is 0 Å². The molecule has 1 aliphatic rings. The molecule has 2 aromatic rings. The van der Waals surface area contributed by atoms with Crippen molar-refractivity contribution >= 4 is 11.5 Å². The van der Waals surface area contributed by atoms with Crippen molar-refractivity contribution < 1.29 is 14.6 Å². The predicted octanol–water partition coefficient (Wildman–Crippen LogP) is 5.60. The van der Waals surface area contributed by atoms with E-state index >= 15 is 0 Å². The zero-order valence-corrected chi connectivity index (χ0v) is 15.7. The van der Waals surface area contributed by atoms with Crippen molar-refractivity contribution in [2.75, 3.05) is 0 Å². The molecule has 3 heteroatoms. The molecule has 1 aliphatic heterocycles. The maximum Gasteiger partial charge on any atom is 0.342 e. The Morgan fingerprint density at radius 2 is 1.81 bits per heavy atom. The fraction of sp³-hybridized carbons (Fsp3) is 0.348. The van der Waals surface area contributed by atoms with Gasteiger partial charge in [0.2, 0.25) is 0 Å². The largest absolute Gasteiger partial charge is 0.511 e. The summed E-state index contributed by atoms with van der Waals surface area (Å²) in [7, 11) is 0. The third kappa shape index (κ3) is 3.82. The van der Waals surface area contributed by atoms with Crippen LogP contribution in [0, 0.1) is 13.8 Å². The quantitative estimate of drug-likeness (QED) is 0.714. The number of cyclic esters (lactones) is 1. The average Bonchev–Trinajstić information content (AvgIpc) is 2.58. The van der Waals surface area contributed by atoms with Gasteiger partial charge in [-0.05, 0) is 43.4 Å². The Morgan fingerprint density at radius 1 is 1.12 bits per heavy atom. The van der Waals surface area contributed by atoms with E-state index in [1.165, 1.54) is 5.56 Å². The van der Waals surface area contributed by atoms with Gasteiger partial charge in [0.05, 0.1) is 0 Å². The zero-order valence-electron chi connectivity index (χ0n) is 15.7. The summed E-state index contributed by atoms with van der Waals surface area (Å²) >= 11 is 0. The third-order valence-corrected chi connectivity index (χ3v) is 4.83. The lowest BCUT2D eigenvalue weighted by molar-refractivity contribution is -0.144. The highest BCUT2D eigenvalue weighted by atomic mass is 16.5. The lowest BCUT2D eigenvalue weighted by atomic mass is 9.91. The molecular weight excluding hydrogens is 324 g/mol. The lowest BCUT2D eigenvalue weighted by Gasteiger charge is -2.26. The molecule has 0 saturated heterocycles. The number of rotatable bonds is 5. The van der Waals surface area contributed by atoms with Gasteiger partial charge in [-0.1, -0.05) is 66.9 Å². The monoisotopic (exact) mass is 350 g/mol. The van der Waals surface area contributed by atoms with E-state index in [0.717, 1.165) is 41.5 Å². The summed E-state index contributed by atoms with van der Waals surface area (Å²) in [5.41, 5.74) is 5.32. The van der Waals surface area contributed by atoms with Gasteiger partial charge in [-0.25, -0.2) is 4.79 Å². The van der Waals surface area contributed by atoms with Crippen LogP contribution in [0.3, 0.4) is 0 Å². The van der Waals surface area contributed by atoms with Crippen LogP contribution in [0.2, 0.25) is 0 Å². The SMILES string of the molecule is CCCCc1ccccc1C1CC(O)=C(c2cc(C)cc(C)c2)C(=O)O1. The molecule has 3 nitrogen and oxygen atoms in total. The smallest absolute Gasteiger partial charge is 0.342 e. The molecule has 136 valence electrons. The second kappa shape index (κ2) is 7.77. The Labute approximate surface area is 155 Å². The van der Waals surface area contributed by atoms with Crippen LogP contribution < -0.4 is 0 Å². The molecule has 0 bridgehead atoms. The number of carbonyl (C=O) groups excluding carboxylic acids is 1. The van der Waals surface area contributed by atoms with E-state index in [2.05, 4.69) is 13.0 Å². The van der Waals surface area contributed by atoms with Gasteiger partial charge in [0.1, 0.15) is 17.4 Å². The molecule has 26 heavy (non-hydrogen) atoms. The van der Waals surface area contributed by atoms with Crippen LogP contribution in [0.15, 0.2) is 48.2 Å². The Balaban J connectivity index is 1.93. The molecular formula is C23H26O3. The fourth-order valence-electron chi connectivity index (χ4n) is 3.65. The first kappa shape index (κ1) is 18.2. The minimum atomic E-state index is -0.450. The molecule has 0 amide bonds. The van der Waals surface area contributed by atoms with E-state index in [1.54, 1.807) is 0 Å². The lowest BCUT2D eigenvalue weighted by Crippen LogP contribution is -2.21. The number of hydrogen-bond donors (Lipinski definition) is 1. The predicted molar refractivity (Wildman–Crippen MR) is 104 cm³/mol. The van der Waals surface area contributed by atoms with Crippen LogP contribution in [0.5, 0.6) is 0 Å². The first-order valence-electron chi connectivity index (χ1n) is 9.29. The van der Waals surface area contributed by atoms with E-state index in [1.807, 2.05) is 50.2 Å². The first-order valence-corrected chi connectivity index (χ1v) is 9.29. The summed E-state index contributed by atoms with van der Waals surface area (Å²) in [6.45, 7) is 6.12. The molecule has 1 unspecified atom stereocenters. The van der Waals surface area contributed by atoms with Crippen LogP contribution in [0.4, 0.5) is 0 Å². The van der Waals surface area contributed by atoms with Crippen molar-refractivity contribution in [3.05, 3.63) is 76.0 Å². The number of aliphatic hydroxyl groups is 1. The maximum absolute atomic E-state index is 12.7. The van der Waals surface area contributed by atoms with Gasteiger partial charge in [0.25, 0.3) is 0 Å². The van der Waals surface area contributed by atoms with E-state index in [9.17, 15) is 9.90 Å². The molecule has 1 atom stereocenters. The van der Waals surface area contributed by atoms with E-state index < -0.39 is 12.1 Å². The van der Waals surface area contributed by atoms with Crippen LogP contribution in [0.1, 0.15) is 60.1 Å². The van der Waals surface area contributed by atoms with Crippen molar-refractivity contribution in [1.82, 2.24) is 0 Å². The summed E-state index contributed by atoms with van der Waals surface area (Å²) in [6, 6.07) is 13.9. The van der Waals surface area contributed by atoms with Gasteiger partial charge < -0.3 is 9.84 Å². The van der Waals surface area contributed by atoms with Gasteiger partial charge in [-0.15, -0.1) is 0 Å². The van der Waals surface area contributed by atoms with Crippen LogP contribution >= 0.6 is 0 Å². The molecule has 3 rings (SSSR count). The van der Waals surface area contributed by atoms with E-state index in [4.69, 9.17) is 4.74 Å². The Kier molecular flexibility index (Phi) is 5.46. The minimum Gasteiger partial charge on any atom is -0.511 e. The second-order valence-electron chi connectivity index (χ2n) is 7.10. The number of carbonyl (C=O) groups is 1. The standard InChI is InChI=1S/C23H26O3/c1-4-5-8-17-9-6-7-10-19(17)21-14-20(24)22(23(25)26-21)18-12-15(2)11-16(3)13-18/h6-7,9-13,21,24H,4-5,8,14H2,1-3H3. The number of benzene rings is 2. The zero-order chi connectivity index (χ0) is 18.7. The van der Waals surface area contributed by atoms with Gasteiger partial charge in [-0.3, -0.25) is 0 Å². The van der Waals surface area contributed by atoms with Crippen molar-refractivity contribution in [3.63, 3.8) is 0 Å². The van der Waals surface area contributed by atoms with E-state index in [0.29, 0.717) is 12.0 Å². The van der Waals surface area contributed by atoms with Gasteiger partial charge in [0, 0.05) is 6.42 Å². The summed E-state index contributed by atoms with van der Waals surface area (Å²) in [5, 5.41) is 10.7. The number of esters is 1. The Hall–Kier alpha value is -2.55. The summed E-state index contributed by atoms with van der Waals surface area (Å²) in [4.78, 5) is 12.7. The maximum atomic E-state index is 12.7. The van der Waals surface area contributed by atoms with Crippen molar-refractivity contribution in [2.45, 2.75) is 52.6 Å². The number of aryl methyl sites for hydroxylation is 3. The Morgan fingerprint density at radius 3 is 2.46 bits per heavy atom. The molecule has 0 spiro atoms. The van der Waals surface area contributed by atoms with Gasteiger partial charge in [0.15, 0.2) is 0 Å². The van der Waals surface area contributed by atoms with E-state index in [-0.39, 0.29) is 5.76 Å². The number of hydrogen-bond acceptors (Lipinski definition) is 3. The van der Waals surface area contributed by atoms with Crippen LogP contribution in [-0.4, -0.2) is 11.1 Å². The fourth-order valence-corrected chi connectivity index (χ4v) is 3.65. The highest BCUT2D eigenvalue weighted by Gasteiger charge is 2.32. The molecule has 2 aromatic carbocycles. The number of ether oxygens (including phenoxy) is 1. The highest BCUT2D eigenvalue weighted by molar-refractivity contribution is 6.17. The summed E-state index contributed by atoms with van der Waals surface area (Å²) < 4.78 is 5.75. The van der Waals surface area contributed by atoms with Gasteiger partial charge >= 0.3 is 5.97 Å². The minimum absolute atomic E-state index is 0.113. The van der Waals surface area contributed by atoms with Crippen LogP contribution in [0.25, 0.3) is 5.57 Å². The summed E-state index contributed by atoms with van der Waals surface area (Å²) in [6.07, 6.45) is 3.05. The van der Waals surface area contributed by atoms with Crippen molar-refractivity contribution in [2.24, 2.45) is 0 Å². The molecule has 0 radical (unpaired) electrons. The van der Waals surface area contributed by atoms with Crippen molar-refractivity contribution in [1.29, 1.82) is 0 Å². The first-order chi connectivity index (χ1) is 12.5. The number of aliphatic hydroxyl groups excluding tert-OH is 1. The third-order valence-electron chi connectivity index (χ3n) is 4.83. The normalized spacial score (nSPS) is 17.3.